The van der Waals surface area contributed by atoms with Gasteiger partial charge in [-0.25, -0.2) is 0 Å². The predicted molar refractivity (Wildman–Crippen MR) is 124 cm³/mol. The lowest BCUT2D eigenvalue weighted by atomic mass is 10.2. The number of nitrogens with zero attached hydrogens (tertiary/aromatic N) is 3. The third-order valence-electron chi connectivity index (χ3n) is 6.14. The smallest absolute Gasteiger partial charge is 0.206 e. The van der Waals surface area contributed by atoms with Crippen molar-refractivity contribution < 1.29 is 14.1 Å². The molecule has 0 spiro atoms. The maximum Gasteiger partial charge on any atom is 0.206 e. The fraction of sp³-hybridized carbons (Fsp3) is 0.435. The second-order valence-corrected chi connectivity index (χ2v) is 9.11. The quantitative estimate of drug-likeness (QED) is 0.467. The van der Waals surface area contributed by atoms with Crippen LogP contribution in [0, 0.1) is 0 Å². The topological polar surface area (TPSA) is 54.9 Å². The molecule has 30 heavy (non-hydrogen) atoms. The zero-order chi connectivity index (χ0) is 21.4. The highest BCUT2D eigenvalue weighted by molar-refractivity contribution is 9.12. The van der Waals surface area contributed by atoms with Crippen LogP contribution in [0.2, 0.25) is 0 Å². The van der Waals surface area contributed by atoms with Gasteiger partial charge in [0.25, 0.3) is 0 Å². The van der Waals surface area contributed by atoms with Gasteiger partial charge in [0.05, 0.1) is 0 Å². The third-order valence-corrected chi connectivity index (χ3v) is 7.29. The normalized spacial score (nSPS) is 20.2. The molecule has 0 aliphatic carbocycles. The van der Waals surface area contributed by atoms with E-state index in [1.807, 2.05) is 24.3 Å². The van der Waals surface area contributed by atoms with Crippen molar-refractivity contribution >= 4 is 33.0 Å². The molecule has 2 aromatic rings. The van der Waals surface area contributed by atoms with Crippen LogP contribution >= 0.6 is 15.9 Å². The Bertz CT molecular complexity index is 977. The van der Waals surface area contributed by atoms with Crippen LogP contribution in [0.4, 0.5) is 11.4 Å². The molecule has 0 amide bonds. The van der Waals surface area contributed by atoms with Crippen molar-refractivity contribution in [2.45, 2.75) is 39.1 Å². The molecular weight excluding hydrogens is 444 g/mol. The molecule has 1 aromatic carbocycles. The van der Waals surface area contributed by atoms with Gasteiger partial charge in [0.1, 0.15) is 0 Å². The fourth-order valence-corrected chi connectivity index (χ4v) is 4.54. The van der Waals surface area contributed by atoms with Crippen molar-refractivity contribution in [1.82, 2.24) is 4.90 Å². The van der Waals surface area contributed by atoms with Gasteiger partial charge < -0.3 is 24.6 Å². The maximum absolute atomic E-state index is 10.6. The van der Waals surface area contributed by atoms with E-state index in [9.17, 15) is 5.11 Å². The van der Waals surface area contributed by atoms with Crippen LogP contribution < -0.4 is 10.2 Å². The van der Waals surface area contributed by atoms with Gasteiger partial charge in [-0.05, 0) is 72.8 Å². The standard InChI is InChI=1S/C23H30BrN4O2/c1-15-22(24)16(2)28(15)14-20-9-10-21(30-20)23(29)25-17-5-7-18(8-6-17)27-12-11-19(13-27)26(3)4/h5-10,19,23,25,29H,11-14H2,1-4H3/q+1. The lowest BCUT2D eigenvalue weighted by Gasteiger charge is -2.22. The second kappa shape index (κ2) is 8.57. The van der Waals surface area contributed by atoms with E-state index in [2.05, 4.69) is 75.7 Å². The number of likely N-dealkylation sites (N-methyl/N-ethyl adjacent to an activating group) is 1. The van der Waals surface area contributed by atoms with Crippen molar-refractivity contribution in [3.8, 4) is 0 Å². The summed E-state index contributed by atoms with van der Waals surface area (Å²) in [6.07, 6.45) is 0.299. The molecule has 2 aliphatic rings. The van der Waals surface area contributed by atoms with E-state index < -0.39 is 6.23 Å². The molecule has 7 heteroatoms. The van der Waals surface area contributed by atoms with Gasteiger partial charge in [0.2, 0.25) is 6.54 Å². The van der Waals surface area contributed by atoms with Gasteiger partial charge in [0, 0.05) is 44.4 Å². The first-order chi connectivity index (χ1) is 14.3. The SMILES string of the molecule is CC1=C(Br)C(C)=[N+]1Cc1ccc(C(O)Nc2ccc(N3CCC(N(C)C)C3)cc2)o1. The average Bonchev–Trinajstić information content (AvgIpc) is 3.42. The number of halogens is 1. The zero-order valence-corrected chi connectivity index (χ0v) is 19.6. The van der Waals surface area contributed by atoms with Crippen LogP contribution in [0.3, 0.4) is 0 Å². The van der Waals surface area contributed by atoms with Gasteiger partial charge in [-0.1, -0.05) is 0 Å². The Labute approximate surface area is 186 Å². The van der Waals surface area contributed by atoms with E-state index >= 15 is 0 Å². The molecule has 0 bridgehead atoms. The maximum atomic E-state index is 10.6. The average molecular weight is 474 g/mol. The largest absolute Gasteiger partial charge is 0.455 e. The van der Waals surface area contributed by atoms with Crippen molar-refractivity contribution in [2.75, 3.05) is 37.4 Å². The number of furan rings is 1. The van der Waals surface area contributed by atoms with E-state index in [0.29, 0.717) is 18.3 Å². The molecule has 0 saturated carbocycles. The molecule has 1 fully saturated rings. The number of aliphatic hydroxyl groups excluding tert-OH is 1. The lowest BCUT2D eigenvalue weighted by molar-refractivity contribution is -0.507. The van der Waals surface area contributed by atoms with Crippen LogP contribution in [-0.2, 0) is 6.54 Å². The second-order valence-electron chi connectivity index (χ2n) is 8.32. The summed E-state index contributed by atoms with van der Waals surface area (Å²) in [6, 6.07) is 12.6. The molecule has 2 unspecified atom stereocenters. The van der Waals surface area contributed by atoms with Crippen molar-refractivity contribution in [1.29, 1.82) is 0 Å². The fourth-order valence-electron chi connectivity index (χ4n) is 4.11. The van der Waals surface area contributed by atoms with Gasteiger partial charge in [-0.15, -0.1) is 0 Å². The molecule has 3 heterocycles. The van der Waals surface area contributed by atoms with Crippen LogP contribution in [0.1, 0.15) is 38.0 Å². The minimum atomic E-state index is -0.889. The number of aliphatic hydroxyl groups is 1. The monoisotopic (exact) mass is 473 g/mol. The molecule has 2 atom stereocenters. The lowest BCUT2D eigenvalue weighted by Crippen LogP contribution is -2.31. The summed E-state index contributed by atoms with van der Waals surface area (Å²) in [5.74, 6) is 1.34. The molecule has 2 aliphatic heterocycles. The van der Waals surface area contributed by atoms with Gasteiger partial charge >= 0.3 is 0 Å². The van der Waals surface area contributed by atoms with Crippen LogP contribution in [-0.4, -0.2) is 53.5 Å². The highest BCUT2D eigenvalue weighted by atomic mass is 79.9. The Morgan fingerprint density at radius 2 is 1.97 bits per heavy atom. The molecular formula is C23H30BrN4O2+. The highest BCUT2D eigenvalue weighted by Crippen LogP contribution is 2.28. The number of hydrogen-bond acceptors (Lipinski definition) is 5. The van der Waals surface area contributed by atoms with Crippen molar-refractivity contribution in [3.05, 3.63) is 58.1 Å². The summed E-state index contributed by atoms with van der Waals surface area (Å²) >= 11 is 3.56. The Hall–Kier alpha value is -2.09. The number of rotatable bonds is 7. The summed E-state index contributed by atoms with van der Waals surface area (Å²) in [7, 11) is 4.28. The van der Waals surface area contributed by atoms with Gasteiger partial charge in [-0.2, -0.15) is 4.58 Å². The van der Waals surface area contributed by atoms with Crippen LogP contribution in [0.5, 0.6) is 0 Å². The minimum absolute atomic E-state index is 0.515. The minimum Gasteiger partial charge on any atom is -0.455 e. The molecule has 160 valence electrons. The predicted octanol–water partition coefficient (Wildman–Crippen LogP) is 4.14. The first kappa shape index (κ1) is 21.2. The Balaban J connectivity index is 1.34. The van der Waals surface area contributed by atoms with Crippen LogP contribution in [0.15, 0.2) is 51.0 Å². The van der Waals surface area contributed by atoms with Gasteiger partial charge in [-0.3, -0.25) is 0 Å². The molecule has 1 saturated heterocycles. The molecule has 0 radical (unpaired) electrons. The van der Waals surface area contributed by atoms with E-state index in [4.69, 9.17) is 4.42 Å². The van der Waals surface area contributed by atoms with Gasteiger partial charge in [0.15, 0.2) is 33.6 Å². The van der Waals surface area contributed by atoms with E-state index in [1.165, 1.54) is 23.5 Å². The Morgan fingerprint density at radius 1 is 1.23 bits per heavy atom. The molecule has 6 nitrogen and oxygen atoms in total. The molecule has 1 aromatic heterocycles. The number of hydrogen-bond donors (Lipinski definition) is 2. The number of nitrogens with one attached hydrogen (secondary N) is 1. The van der Waals surface area contributed by atoms with E-state index in [0.717, 1.165) is 29.0 Å². The van der Waals surface area contributed by atoms with E-state index in [1.54, 1.807) is 0 Å². The summed E-state index contributed by atoms with van der Waals surface area (Å²) in [5, 5.41) is 13.7. The van der Waals surface area contributed by atoms with Crippen molar-refractivity contribution in [3.63, 3.8) is 0 Å². The zero-order valence-electron chi connectivity index (χ0n) is 18.0. The highest BCUT2D eigenvalue weighted by Gasteiger charge is 2.31. The van der Waals surface area contributed by atoms with Crippen molar-refractivity contribution in [2.24, 2.45) is 0 Å². The third kappa shape index (κ3) is 4.19. The summed E-state index contributed by atoms with van der Waals surface area (Å²) < 4.78 is 9.22. The number of anilines is 2. The summed E-state index contributed by atoms with van der Waals surface area (Å²) in [6.45, 7) is 6.94. The molecule has 2 N–H and O–H groups in total. The Kier molecular flexibility index (Phi) is 6.04. The first-order valence-electron chi connectivity index (χ1n) is 10.4. The summed E-state index contributed by atoms with van der Waals surface area (Å²) in [5.41, 5.74) is 4.47. The summed E-state index contributed by atoms with van der Waals surface area (Å²) in [4.78, 5) is 4.70. The van der Waals surface area contributed by atoms with E-state index in [-0.39, 0.29) is 0 Å². The number of benzene rings is 1. The number of allylic oxidation sites excluding steroid dienone is 2. The van der Waals surface area contributed by atoms with Crippen LogP contribution in [0.25, 0.3) is 0 Å². The Morgan fingerprint density at radius 3 is 2.60 bits per heavy atom. The first-order valence-corrected chi connectivity index (χ1v) is 11.2. The molecule has 4 rings (SSSR count).